The summed E-state index contributed by atoms with van der Waals surface area (Å²) in [7, 11) is 0. The van der Waals surface area contributed by atoms with Crippen molar-refractivity contribution < 1.29 is 24.2 Å². The summed E-state index contributed by atoms with van der Waals surface area (Å²) in [5.74, 6) is -1.61. The van der Waals surface area contributed by atoms with Crippen molar-refractivity contribution in [3.05, 3.63) is 24.3 Å². The SMILES string of the molecule is CC(C)[C@@H](/C=C/C(=O)O)NC(=O)[C@H](/C=C/CCN)NC(=O)OC(C)(C)C. The van der Waals surface area contributed by atoms with Crippen LogP contribution in [0, 0.1) is 5.92 Å². The summed E-state index contributed by atoms with van der Waals surface area (Å²) in [6, 6.07) is -1.46. The molecule has 0 aromatic rings. The first kappa shape index (κ1) is 23.6. The molecule has 0 heterocycles. The topological polar surface area (TPSA) is 131 Å². The predicted octanol–water partition coefficient (Wildman–Crippen LogP) is 1.57. The van der Waals surface area contributed by atoms with Gasteiger partial charge in [0.2, 0.25) is 5.91 Å². The number of carboxylic acid groups (broad SMARTS) is 1. The van der Waals surface area contributed by atoms with Gasteiger partial charge in [0.25, 0.3) is 0 Å². The van der Waals surface area contributed by atoms with Crippen molar-refractivity contribution in [2.45, 2.75) is 58.7 Å². The molecular weight excluding hydrogens is 338 g/mol. The average molecular weight is 369 g/mol. The van der Waals surface area contributed by atoms with Crippen molar-refractivity contribution in [3.63, 3.8) is 0 Å². The van der Waals surface area contributed by atoms with Gasteiger partial charge in [0, 0.05) is 6.08 Å². The molecule has 8 heteroatoms. The highest BCUT2D eigenvalue weighted by Crippen LogP contribution is 2.08. The summed E-state index contributed by atoms with van der Waals surface area (Å²) in [4.78, 5) is 35.2. The van der Waals surface area contributed by atoms with E-state index in [-0.39, 0.29) is 5.92 Å². The number of nitrogens with one attached hydrogen (secondary N) is 2. The van der Waals surface area contributed by atoms with Gasteiger partial charge in [0.05, 0.1) is 6.04 Å². The van der Waals surface area contributed by atoms with Gasteiger partial charge in [-0.25, -0.2) is 9.59 Å². The lowest BCUT2D eigenvalue weighted by atomic mass is 10.0. The zero-order valence-electron chi connectivity index (χ0n) is 16.1. The largest absolute Gasteiger partial charge is 0.478 e. The molecule has 0 bridgehead atoms. The number of alkyl carbamates (subject to hydrolysis) is 1. The van der Waals surface area contributed by atoms with E-state index in [1.54, 1.807) is 26.8 Å². The van der Waals surface area contributed by atoms with Crippen LogP contribution in [-0.4, -0.2) is 47.3 Å². The van der Waals surface area contributed by atoms with Gasteiger partial charge < -0.3 is 26.2 Å². The summed E-state index contributed by atoms with van der Waals surface area (Å²) in [6.45, 7) is 9.26. The summed E-state index contributed by atoms with van der Waals surface area (Å²) in [6.07, 6.45) is 5.43. The fourth-order valence-electron chi connectivity index (χ4n) is 1.84. The molecule has 2 atom stereocenters. The molecule has 0 saturated carbocycles. The molecule has 0 unspecified atom stereocenters. The van der Waals surface area contributed by atoms with Crippen LogP contribution in [0.4, 0.5) is 4.79 Å². The Hall–Kier alpha value is -2.35. The van der Waals surface area contributed by atoms with Crippen LogP contribution in [0.3, 0.4) is 0 Å². The fourth-order valence-corrected chi connectivity index (χ4v) is 1.84. The van der Waals surface area contributed by atoms with Crippen LogP contribution in [0.2, 0.25) is 0 Å². The molecule has 0 aliphatic heterocycles. The van der Waals surface area contributed by atoms with Crippen molar-refractivity contribution in [1.82, 2.24) is 10.6 Å². The van der Waals surface area contributed by atoms with E-state index in [9.17, 15) is 14.4 Å². The molecule has 0 aromatic carbocycles. The monoisotopic (exact) mass is 369 g/mol. The van der Waals surface area contributed by atoms with Gasteiger partial charge in [0.1, 0.15) is 11.6 Å². The minimum atomic E-state index is -1.10. The summed E-state index contributed by atoms with van der Waals surface area (Å²) in [5.41, 5.74) is 4.74. The number of aliphatic carboxylic acids is 1. The molecule has 0 aliphatic rings. The zero-order chi connectivity index (χ0) is 20.3. The minimum absolute atomic E-state index is 0.0373. The van der Waals surface area contributed by atoms with E-state index in [1.165, 1.54) is 12.2 Å². The van der Waals surface area contributed by atoms with E-state index >= 15 is 0 Å². The number of ether oxygens (including phenoxy) is 1. The highest BCUT2D eigenvalue weighted by Gasteiger charge is 2.24. The number of carbonyl (C=O) groups is 3. The van der Waals surface area contributed by atoms with Crippen LogP contribution in [0.5, 0.6) is 0 Å². The van der Waals surface area contributed by atoms with Crippen LogP contribution >= 0.6 is 0 Å². The van der Waals surface area contributed by atoms with Gasteiger partial charge in [-0.2, -0.15) is 0 Å². The Morgan fingerprint density at radius 3 is 2.23 bits per heavy atom. The van der Waals surface area contributed by atoms with Crippen molar-refractivity contribution in [2.75, 3.05) is 6.54 Å². The second-order valence-electron chi connectivity index (χ2n) is 7.11. The number of hydrogen-bond donors (Lipinski definition) is 4. The minimum Gasteiger partial charge on any atom is -0.478 e. The Bertz CT molecular complexity index is 535. The molecule has 0 aromatic heterocycles. The van der Waals surface area contributed by atoms with Crippen LogP contribution in [0.15, 0.2) is 24.3 Å². The first-order chi connectivity index (χ1) is 12.0. The summed E-state index contributed by atoms with van der Waals surface area (Å²) < 4.78 is 5.18. The van der Waals surface area contributed by atoms with Crippen molar-refractivity contribution in [1.29, 1.82) is 0 Å². The highest BCUT2D eigenvalue weighted by molar-refractivity contribution is 5.88. The molecular formula is C18H31N3O5. The molecule has 8 nitrogen and oxygen atoms in total. The second-order valence-corrected chi connectivity index (χ2v) is 7.11. The van der Waals surface area contributed by atoms with Gasteiger partial charge in [-0.05, 0) is 39.7 Å². The molecule has 0 spiro atoms. The van der Waals surface area contributed by atoms with E-state index in [2.05, 4.69) is 10.6 Å². The maximum absolute atomic E-state index is 12.6. The molecule has 0 aliphatic carbocycles. The number of carbonyl (C=O) groups excluding carboxylic acids is 2. The molecule has 26 heavy (non-hydrogen) atoms. The van der Waals surface area contributed by atoms with Gasteiger partial charge in [-0.1, -0.05) is 32.1 Å². The van der Waals surface area contributed by atoms with Gasteiger partial charge in [-0.3, -0.25) is 4.79 Å². The van der Waals surface area contributed by atoms with Crippen LogP contribution in [0.25, 0.3) is 0 Å². The molecule has 0 radical (unpaired) electrons. The highest BCUT2D eigenvalue weighted by atomic mass is 16.6. The summed E-state index contributed by atoms with van der Waals surface area (Å²) in [5, 5.41) is 14.0. The average Bonchev–Trinajstić information content (AvgIpc) is 2.48. The third kappa shape index (κ3) is 11.2. The van der Waals surface area contributed by atoms with Crippen molar-refractivity contribution in [2.24, 2.45) is 11.7 Å². The maximum Gasteiger partial charge on any atom is 0.408 e. The van der Waals surface area contributed by atoms with Crippen molar-refractivity contribution >= 4 is 18.0 Å². The third-order valence-electron chi connectivity index (χ3n) is 3.09. The predicted molar refractivity (Wildman–Crippen MR) is 99.5 cm³/mol. The number of nitrogens with two attached hydrogens (primary N) is 1. The van der Waals surface area contributed by atoms with Gasteiger partial charge >= 0.3 is 12.1 Å². The molecule has 5 N–H and O–H groups in total. The smallest absolute Gasteiger partial charge is 0.408 e. The Kier molecular flexibility index (Phi) is 10.3. The number of hydrogen-bond acceptors (Lipinski definition) is 5. The summed E-state index contributed by atoms with van der Waals surface area (Å²) >= 11 is 0. The number of rotatable bonds is 9. The first-order valence-electron chi connectivity index (χ1n) is 8.54. The van der Waals surface area contributed by atoms with Crippen LogP contribution < -0.4 is 16.4 Å². The fraction of sp³-hybridized carbons (Fsp3) is 0.611. The quantitative estimate of drug-likeness (QED) is 0.360. The van der Waals surface area contributed by atoms with Crippen LogP contribution in [0.1, 0.15) is 41.0 Å². The zero-order valence-corrected chi connectivity index (χ0v) is 16.1. The maximum atomic E-state index is 12.6. The van der Waals surface area contributed by atoms with E-state index < -0.39 is 35.7 Å². The van der Waals surface area contributed by atoms with Gasteiger partial charge in [0.15, 0.2) is 0 Å². The number of carboxylic acids is 1. The molecule has 0 rings (SSSR count). The third-order valence-corrected chi connectivity index (χ3v) is 3.09. The molecule has 0 fully saturated rings. The lowest BCUT2D eigenvalue weighted by Gasteiger charge is -2.24. The first-order valence-corrected chi connectivity index (χ1v) is 8.54. The van der Waals surface area contributed by atoms with E-state index in [4.69, 9.17) is 15.6 Å². The lowest BCUT2D eigenvalue weighted by molar-refractivity contribution is -0.131. The molecule has 0 saturated heterocycles. The standard InChI is InChI=1S/C18H31N3O5/c1-12(2)13(9-10-15(22)23)20-16(24)14(8-6-7-11-19)21-17(25)26-18(3,4)5/h6,8-10,12-14H,7,11,19H2,1-5H3,(H,20,24)(H,21,25)(H,22,23)/b8-6+,10-9+/t13-,14+/m1/s1. The van der Waals surface area contributed by atoms with Gasteiger partial charge in [-0.15, -0.1) is 0 Å². The van der Waals surface area contributed by atoms with Crippen molar-refractivity contribution in [3.8, 4) is 0 Å². The Labute approximate surface area is 154 Å². The van der Waals surface area contributed by atoms with Crippen LogP contribution in [-0.2, 0) is 14.3 Å². The van der Waals surface area contributed by atoms with E-state index in [1.807, 2.05) is 13.8 Å². The second kappa shape index (κ2) is 11.3. The molecule has 148 valence electrons. The molecule has 2 amide bonds. The Morgan fingerprint density at radius 1 is 1.15 bits per heavy atom. The normalized spacial score (nSPS) is 14.4. The van der Waals surface area contributed by atoms with E-state index in [0.717, 1.165) is 6.08 Å². The Balaban J connectivity index is 5.18. The Morgan fingerprint density at radius 2 is 1.77 bits per heavy atom. The lowest BCUT2D eigenvalue weighted by Crippen LogP contribution is -2.50. The van der Waals surface area contributed by atoms with E-state index in [0.29, 0.717) is 13.0 Å². The number of amides is 2.